The number of aryl methyl sites for hydroxylation is 2. The molecule has 0 bridgehead atoms. The summed E-state index contributed by atoms with van der Waals surface area (Å²) in [5.74, 6) is 0.190. The van der Waals surface area contributed by atoms with Crippen molar-refractivity contribution in [3.63, 3.8) is 0 Å². The van der Waals surface area contributed by atoms with Crippen LogP contribution in [0.5, 0.6) is 0 Å². The molecule has 0 aliphatic rings. The molecule has 0 radical (unpaired) electrons. The predicted octanol–water partition coefficient (Wildman–Crippen LogP) is 1.41. The largest absolute Gasteiger partial charge is 0.396 e. The van der Waals surface area contributed by atoms with Crippen molar-refractivity contribution in [2.45, 2.75) is 20.3 Å². The first-order valence-electron chi connectivity index (χ1n) is 5.04. The van der Waals surface area contributed by atoms with E-state index in [4.69, 9.17) is 10.8 Å². The van der Waals surface area contributed by atoms with Crippen molar-refractivity contribution in [2.24, 2.45) is 11.7 Å². The molecule has 1 unspecified atom stereocenters. The molecule has 0 saturated heterocycles. The molecule has 14 heavy (non-hydrogen) atoms. The van der Waals surface area contributed by atoms with Gasteiger partial charge in [-0.15, -0.1) is 0 Å². The predicted molar refractivity (Wildman–Crippen MR) is 59.3 cm³/mol. The molecule has 0 saturated carbocycles. The Kier molecular flexibility index (Phi) is 4.11. The number of hydrogen-bond acceptors (Lipinski definition) is 2. The molecular formula is C12H19NO. The second-order valence-corrected chi connectivity index (χ2v) is 3.92. The summed E-state index contributed by atoms with van der Waals surface area (Å²) in [5, 5.41) is 9.07. The monoisotopic (exact) mass is 193 g/mol. The second-order valence-electron chi connectivity index (χ2n) is 3.92. The standard InChI is InChI=1S/C12H19NO/c1-9-3-4-10(2)12(5-9)6-11(7-13)8-14/h3-5,11,14H,6-8,13H2,1-2H3. The van der Waals surface area contributed by atoms with Crippen LogP contribution >= 0.6 is 0 Å². The average molecular weight is 193 g/mol. The maximum Gasteiger partial charge on any atom is 0.0474 e. The van der Waals surface area contributed by atoms with E-state index in [1.54, 1.807) is 0 Å². The van der Waals surface area contributed by atoms with E-state index >= 15 is 0 Å². The summed E-state index contributed by atoms with van der Waals surface area (Å²) in [4.78, 5) is 0. The van der Waals surface area contributed by atoms with Crippen molar-refractivity contribution in [2.75, 3.05) is 13.2 Å². The van der Waals surface area contributed by atoms with Crippen molar-refractivity contribution in [3.8, 4) is 0 Å². The highest BCUT2D eigenvalue weighted by molar-refractivity contribution is 5.30. The first-order chi connectivity index (χ1) is 6.67. The average Bonchev–Trinajstić information content (AvgIpc) is 2.19. The highest BCUT2D eigenvalue weighted by Crippen LogP contribution is 2.14. The molecule has 2 nitrogen and oxygen atoms in total. The number of aliphatic hydroxyl groups excluding tert-OH is 1. The lowest BCUT2D eigenvalue weighted by Gasteiger charge is -2.13. The van der Waals surface area contributed by atoms with E-state index in [2.05, 4.69) is 32.0 Å². The Morgan fingerprint density at radius 1 is 1.36 bits per heavy atom. The fourth-order valence-corrected chi connectivity index (χ4v) is 1.55. The summed E-state index contributed by atoms with van der Waals surface area (Å²) in [6.45, 7) is 4.90. The zero-order chi connectivity index (χ0) is 10.6. The second kappa shape index (κ2) is 5.13. The SMILES string of the molecule is Cc1ccc(C)c(CC(CN)CO)c1. The first kappa shape index (κ1) is 11.2. The quantitative estimate of drug-likeness (QED) is 0.759. The van der Waals surface area contributed by atoms with Gasteiger partial charge < -0.3 is 10.8 Å². The van der Waals surface area contributed by atoms with Crippen LogP contribution in [0.3, 0.4) is 0 Å². The zero-order valence-corrected chi connectivity index (χ0v) is 8.96. The van der Waals surface area contributed by atoms with E-state index in [0.717, 1.165) is 6.42 Å². The lowest BCUT2D eigenvalue weighted by atomic mass is 9.95. The summed E-state index contributed by atoms with van der Waals surface area (Å²) in [6.07, 6.45) is 0.876. The molecule has 0 heterocycles. The molecule has 0 spiro atoms. The summed E-state index contributed by atoms with van der Waals surface area (Å²) < 4.78 is 0. The normalized spacial score (nSPS) is 12.9. The Morgan fingerprint density at radius 2 is 2.07 bits per heavy atom. The molecule has 0 aliphatic heterocycles. The van der Waals surface area contributed by atoms with Gasteiger partial charge in [-0.25, -0.2) is 0 Å². The van der Waals surface area contributed by atoms with Crippen LogP contribution in [0.1, 0.15) is 16.7 Å². The Morgan fingerprint density at radius 3 is 2.64 bits per heavy atom. The van der Waals surface area contributed by atoms with Crippen LogP contribution < -0.4 is 5.73 Å². The van der Waals surface area contributed by atoms with Crippen LogP contribution in [0.25, 0.3) is 0 Å². The Labute approximate surface area is 85.8 Å². The fraction of sp³-hybridized carbons (Fsp3) is 0.500. The maximum atomic E-state index is 9.07. The number of aliphatic hydroxyl groups is 1. The Hall–Kier alpha value is -0.860. The molecule has 1 atom stereocenters. The third-order valence-electron chi connectivity index (χ3n) is 2.60. The van der Waals surface area contributed by atoms with Crippen molar-refractivity contribution in [1.82, 2.24) is 0 Å². The third kappa shape index (κ3) is 2.82. The zero-order valence-electron chi connectivity index (χ0n) is 8.96. The van der Waals surface area contributed by atoms with E-state index in [-0.39, 0.29) is 12.5 Å². The summed E-state index contributed by atoms with van der Waals surface area (Å²) in [6, 6.07) is 6.40. The van der Waals surface area contributed by atoms with Gasteiger partial charge in [-0.05, 0) is 43.9 Å². The topological polar surface area (TPSA) is 46.2 Å². The van der Waals surface area contributed by atoms with E-state index in [1.165, 1.54) is 16.7 Å². The molecule has 0 aliphatic carbocycles. The number of benzene rings is 1. The molecule has 3 N–H and O–H groups in total. The third-order valence-corrected chi connectivity index (χ3v) is 2.60. The van der Waals surface area contributed by atoms with E-state index in [1.807, 2.05) is 0 Å². The van der Waals surface area contributed by atoms with Gasteiger partial charge in [0.1, 0.15) is 0 Å². The lowest BCUT2D eigenvalue weighted by Crippen LogP contribution is -2.20. The van der Waals surface area contributed by atoms with E-state index in [9.17, 15) is 0 Å². The minimum atomic E-state index is 0.171. The molecular weight excluding hydrogens is 174 g/mol. The Balaban J connectivity index is 2.79. The van der Waals surface area contributed by atoms with Gasteiger partial charge in [-0.3, -0.25) is 0 Å². The van der Waals surface area contributed by atoms with Crippen molar-refractivity contribution in [1.29, 1.82) is 0 Å². The van der Waals surface area contributed by atoms with Crippen LogP contribution in [0.4, 0.5) is 0 Å². The van der Waals surface area contributed by atoms with E-state index in [0.29, 0.717) is 6.54 Å². The van der Waals surface area contributed by atoms with E-state index < -0.39 is 0 Å². The molecule has 0 aromatic heterocycles. The van der Waals surface area contributed by atoms with Crippen LogP contribution in [0, 0.1) is 19.8 Å². The molecule has 78 valence electrons. The molecule has 0 fully saturated rings. The fourth-order valence-electron chi connectivity index (χ4n) is 1.55. The summed E-state index contributed by atoms with van der Waals surface area (Å²) in [7, 11) is 0. The summed E-state index contributed by atoms with van der Waals surface area (Å²) >= 11 is 0. The molecule has 1 aromatic carbocycles. The van der Waals surface area contributed by atoms with Crippen LogP contribution in [-0.4, -0.2) is 18.3 Å². The van der Waals surface area contributed by atoms with Gasteiger partial charge in [0.05, 0.1) is 0 Å². The van der Waals surface area contributed by atoms with Gasteiger partial charge in [-0.2, -0.15) is 0 Å². The highest BCUT2D eigenvalue weighted by atomic mass is 16.3. The number of nitrogens with two attached hydrogens (primary N) is 1. The van der Waals surface area contributed by atoms with Gasteiger partial charge in [0.2, 0.25) is 0 Å². The first-order valence-corrected chi connectivity index (χ1v) is 5.04. The minimum absolute atomic E-state index is 0.171. The van der Waals surface area contributed by atoms with Crippen molar-refractivity contribution < 1.29 is 5.11 Å². The van der Waals surface area contributed by atoms with Crippen LogP contribution in [0.15, 0.2) is 18.2 Å². The molecule has 2 heteroatoms. The van der Waals surface area contributed by atoms with Crippen molar-refractivity contribution in [3.05, 3.63) is 34.9 Å². The molecule has 1 rings (SSSR count). The lowest BCUT2D eigenvalue weighted by molar-refractivity contribution is 0.229. The summed E-state index contributed by atoms with van der Waals surface area (Å²) in [5.41, 5.74) is 9.40. The highest BCUT2D eigenvalue weighted by Gasteiger charge is 2.08. The van der Waals surface area contributed by atoms with Gasteiger partial charge in [0.15, 0.2) is 0 Å². The van der Waals surface area contributed by atoms with Gasteiger partial charge in [0.25, 0.3) is 0 Å². The van der Waals surface area contributed by atoms with Crippen LogP contribution in [-0.2, 0) is 6.42 Å². The molecule has 0 amide bonds. The van der Waals surface area contributed by atoms with Gasteiger partial charge in [-0.1, -0.05) is 23.8 Å². The maximum absolute atomic E-state index is 9.07. The smallest absolute Gasteiger partial charge is 0.0474 e. The minimum Gasteiger partial charge on any atom is -0.396 e. The van der Waals surface area contributed by atoms with Gasteiger partial charge in [0, 0.05) is 6.61 Å². The Bertz CT molecular complexity index is 292. The number of rotatable bonds is 4. The number of hydrogen-bond donors (Lipinski definition) is 2. The van der Waals surface area contributed by atoms with Crippen molar-refractivity contribution >= 4 is 0 Å². The molecule has 1 aromatic rings. The van der Waals surface area contributed by atoms with Crippen LogP contribution in [0.2, 0.25) is 0 Å². The van der Waals surface area contributed by atoms with Gasteiger partial charge >= 0.3 is 0 Å².